The summed E-state index contributed by atoms with van der Waals surface area (Å²) in [6, 6.07) is 4.47. The van der Waals surface area contributed by atoms with E-state index in [-0.39, 0.29) is 22.2 Å². The lowest BCUT2D eigenvalue weighted by Crippen LogP contribution is -1.95. The molecule has 0 saturated heterocycles. The van der Waals surface area contributed by atoms with Gasteiger partial charge in [-0.3, -0.25) is 0 Å². The van der Waals surface area contributed by atoms with Gasteiger partial charge in [-0.25, -0.2) is 4.39 Å². The Balaban J connectivity index is 1.81. The van der Waals surface area contributed by atoms with Crippen LogP contribution in [0.4, 0.5) is 4.39 Å². The normalized spacial score (nSPS) is 15.3. The van der Waals surface area contributed by atoms with Gasteiger partial charge in [-0.15, -0.1) is 0 Å². The highest BCUT2D eigenvalue weighted by atomic mass is 35.5. The van der Waals surface area contributed by atoms with Crippen LogP contribution in [0.3, 0.4) is 0 Å². The quantitative estimate of drug-likeness (QED) is 0.655. The molecule has 3 aromatic rings. The molecule has 0 spiro atoms. The van der Waals surface area contributed by atoms with Crippen molar-refractivity contribution in [3.05, 3.63) is 40.6 Å². The summed E-state index contributed by atoms with van der Waals surface area (Å²) in [4.78, 5) is 4.50. The first kappa shape index (κ1) is 15.3. The Morgan fingerprint density at radius 3 is 2.67 bits per heavy atom. The van der Waals surface area contributed by atoms with Crippen LogP contribution in [0.5, 0.6) is 0 Å². The molecule has 1 aliphatic carbocycles. The number of hydrogen-bond acceptors (Lipinski definition) is 5. The third-order valence-electron chi connectivity index (χ3n) is 4.44. The van der Waals surface area contributed by atoms with Crippen molar-refractivity contribution in [2.75, 3.05) is 0 Å². The van der Waals surface area contributed by atoms with Crippen molar-refractivity contribution in [2.45, 2.75) is 38.5 Å². The van der Waals surface area contributed by atoms with Crippen LogP contribution in [-0.2, 0) is 0 Å². The fourth-order valence-corrected chi connectivity index (χ4v) is 3.46. The summed E-state index contributed by atoms with van der Waals surface area (Å²) in [7, 11) is 0. The van der Waals surface area contributed by atoms with Crippen LogP contribution in [0.15, 0.2) is 27.2 Å². The number of aromatic nitrogens is 3. The lowest BCUT2D eigenvalue weighted by atomic mass is 10.1. The minimum Gasteiger partial charge on any atom is -0.360 e. The van der Waals surface area contributed by atoms with Gasteiger partial charge in [0, 0.05) is 5.92 Å². The topological polar surface area (TPSA) is 65.0 Å². The van der Waals surface area contributed by atoms with E-state index in [9.17, 15) is 4.39 Å². The predicted octanol–water partition coefficient (Wildman–Crippen LogP) is 5.15. The molecule has 1 saturated carbocycles. The third kappa shape index (κ3) is 2.51. The van der Waals surface area contributed by atoms with Crippen molar-refractivity contribution in [3.63, 3.8) is 0 Å². The van der Waals surface area contributed by atoms with Crippen LogP contribution in [-0.4, -0.2) is 15.3 Å². The number of rotatable bonds is 3. The van der Waals surface area contributed by atoms with Crippen LogP contribution >= 0.6 is 11.6 Å². The Bertz CT molecular complexity index is 864. The van der Waals surface area contributed by atoms with Crippen LogP contribution < -0.4 is 0 Å². The Kier molecular flexibility index (Phi) is 3.84. The van der Waals surface area contributed by atoms with Gasteiger partial charge in [0.05, 0.1) is 10.6 Å². The lowest BCUT2D eigenvalue weighted by molar-refractivity contribution is 0.396. The van der Waals surface area contributed by atoms with Crippen molar-refractivity contribution >= 4 is 11.6 Å². The van der Waals surface area contributed by atoms with E-state index in [0.717, 1.165) is 12.8 Å². The number of benzene rings is 1. The highest BCUT2D eigenvalue weighted by Crippen LogP contribution is 2.39. The van der Waals surface area contributed by atoms with E-state index in [1.807, 2.05) is 0 Å². The number of nitrogens with zero attached hydrogens (tertiary/aromatic N) is 3. The molecule has 0 amide bonds. The second-order valence-electron chi connectivity index (χ2n) is 6.00. The number of hydrogen-bond donors (Lipinski definition) is 0. The minimum absolute atomic E-state index is 0.173. The summed E-state index contributed by atoms with van der Waals surface area (Å²) < 4.78 is 24.9. The average molecular weight is 348 g/mol. The van der Waals surface area contributed by atoms with Crippen molar-refractivity contribution in [1.29, 1.82) is 0 Å². The highest BCUT2D eigenvalue weighted by molar-refractivity contribution is 6.33. The van der Waals surface area contributed by atoms with E-state index in [1.54, 1.807) is 19.1 Å². The molecule has 5 nitrogen and oxygen atoms in total. The van der Waals surface area contributed by atoms with Crippen LogP contribution in [0.25, 0.3) is 22.7 Å². The predicted molar refractivity (Wildman–Crippen MR) is 86.1 cm³/mol. The maximum atomic E-state index is 14.3. The molecule has 4 rings (SSSR count). The summed E-state index contributed by atoms with van der Waals surface area (Å²) in [6.45, 7) is 1.72. The van der Waals surface area contributed by atoms with Gasteiger partial charge in [-0.2, -0.15) is 4.98 Å². The van der Waals surface area contributed by atoms with E-state index >= 15 is 0 Å². The first-order valence-corrected chi connectivity index (χ1v) is 8.27. The molecule has 7 heteroatoms. The Morgan fingerprint density at radius 2 is 1.92 bits per heavy atom. The van der Waals surface area contributed by atoms with Gasteiger partial charge in [0.15, 0.2) is 5.82 Å². The molecule has 1 aromatic carbocycles. The first-order valence-electron chi connectivity index (χ1n) is 7.89. The molecule has 0 N–H and O–H groups in total. The molecular weight excluding hydrogens is 333 g/mol. The molecule has 0 bridgehead atoms. The monoisotopic (exact) mass is 347 g/mol. The average Bonchev–Trinajstić information content (AvgIpc) is 3.27. The van der Waals surface area contributed by atoms with E-state index in [1.165, 1.54) is 18.9 Å². The third-order valence-corrected chi connectivity index (χ3v) is 4.75. The molecule has 0 radical (unpaired) electrons. The highest BCUT2D eigenvalue weighted by Gasteiger charge is 2.28. The van der Waals surface area contributed by atoms with E-state index < -0.39 is 5.82 Å². The largest absolute Gasteiger partial charge is 0.360 e. The number of halogens is 2. The first-order chi connectivity index (χ1) is 11.6. The van der Waals surface area contributed by atoms with Gasteiger partial charge in [0.1, 0.15) is 22.8 Å². The maximum absolute atomic E-state index is 14.3. The molecule has 0 atom stereocenters. The molecule has 2 aromatic heterocycles. The van der Waals surface area contributed by atoms with Crippen molar-refractivity contribution in [1.82, 2.24) is 15.3 Å². The zero-order valence-corrected chi connectivity index (χ0v) is 13.8. The lowest BCUT2D eigenvalue weighted by Gasteiger charge is -2.03. The standard InChI is InChI=1S/C17H15ClFN3O2/c1-9-13(17-20-16(22-24-17)10-5-2-3-6-10)15(21-23-9)14-11(18)7-4-8-12(14)19/h4,7-8,10H,2-3,5-6H2,1H3. The van der Waals surface area contributed by atoms with Gasteiger partial charge in [0.2, 0.25) is 0 Å². The van der Waals surface area contributed by atoms with E-state index in [0.29, 0.717) is 23.1 Å². The molecule has 1 aliphatic rings. The minimum atomic E-state index is -0.479. The fraction of sp³-hybridized carbons (Fsp3) is 0.353. The molecule has 1 fully saturated rings. The Labute approximate surface area is 142 Å². The molecule has 0 aliphatic heterocycles. The summed E-state index contributed by atoms with van der Waals surface area (Å²) in [5.74, 6) is 1.29. The molecular formula is C17H15ClFN3O2. The Hall–Kier alpha value is -2.21. The van der Waals surface area contributed by atoms with E-state index in [4.69, 9.17) is 20.6 Å². The van der Waals surface area contributed by atoms with Gasteiger partial charge < -0.3 is 9.05 Å². The SMILES string of the molecule is Cc1onc(-c2c(F)cccc2Cl)c1-c1nc(C2CCCC2)no1. The van der Waals surface area contributed by atoms with Crippen molar-refractivity contribution in [3.8, 4) is 22.7 Å². The second kappa shape index (κ2) is 6.02. The van der Waals surface area contributed by atoms with Gasteiger partial charge >= 0.3 is 0 Å². The maximum Gasteiger partial charge on any atom is 0.263 e. The number of aryl methyl sites for hydroxylation is 1. The van der Waals surface area contributed by atoms with Gasteiger partial charge in [-0.1, -0.05) is 40.8 Å². The zero-order valence-electron chi connectivity index (χ0n) is 13.1. The smallest absolute Gasteiger partial charge is 0.263 e. The summed E-state index contributed by atoms with van der Waals surface area (Å²) in [6.07, 6.45) is 4.48. The fourth-order valence-electron chi connectivity index (χ4n) is 3.20. The van der Waals surface area contributed by atoms with Crippen molar-refractivity contribution < 1.29 is 13.4 Å². The molecule has 2 heterocycles. The summed E-state index contributed by atoms with van der Waals surface area (Å²) >= 11 is 6.15. The molecule has 24 heavy (non-hydrogen) atoms. The van der Waals surface area contributed by atoms with Crippen LogP contribution in [0.2, 0.25) is 5.02 Å². The van der Waals surface area contributed by atoms with Crippen molar-refractivity contribution in [2.24, 2.45) is 0 Å². The summed E-state index contributed by atoms with van der Waals surface area (Å²) in [5, 5.41) is 8.31. The summed E-state index contributed by atoms with van der Waals surface area (Å²) in [5.41, 5.74) is 0.933. The van der Waals surface area contributed by atoms with E-state index in [2.05, 4.69) is 15.3 Å². The van der Waals surface area contributed by atoms with Gasteiger partial charge in [0.25, 0.3) is 5.89 Å². The second-order valence-corrected chi connectivity index (χ2v) is 6.41. The molecule has 0 unspecified atom stereocenters. The van der Waals surface area contributed by atoms with Crippen LogP contribution in [0.1, 0.15) is 43.2 Å². The molecule has 124 valence electrons. The van der Waals surface area contributed by atoms with Gasteiger partial charge in [-0.05, 0) is 31.9 Å². The van der Waals surface area contributed by atoms with Crippen LogP contribution in [0, 0.1) is 12.7 Å². The zero-order chi connectivity index (χ0) is 16.7. The Morgan fingerprint density at radius 1 is 1.12 bits per heavy atom.